The molecule has 1 aromatic heterocycles. The minimum Gasteiger partial charge on any atom is -0.444 e. The van der Waals surface area contributed by atoms with Gasteiger partial charge in [0.05, 0.1) is 19.3 Å². The number of piperidine rings is 1. The summed E-state index contributed by atoms with van der Waals surface area (Å²) in [6, 6.07) is 0.000550. The summed E-state index contributed by atoms with van der Waals surface area (Å²) in [5.74, 6) is 0. The molecule has 8 heteroatoms. The maximum Gasteiger partial charge on any atom is 0.410 e. The van der Waals surface area contributed by atoms with Crippen molar-refractivity contribution in [2.75, 3.05) is 13.2 Å². The monoisotopic (exact) mass is 375 g/mol. The molecule has 1 fully saturated rings. The van der Waals surface area contributed by atoms with E-state index in [0.29, 0.717) is 18.7 Å². The van der Waals surface area contributed by atoms with E-state index in [-0.39, 0.29) is 29.2 Å². The molecule has 134 valence electrons. The molecule has 0 saturated carbocycles. The molecule has 24 heavy (non-hydrogen) atoms. The van der Waals surface area contributed by atoms with E-state index in [2.05, 4.69) is 9.97 Å². The van der Waals surface area contributed by atoms with Crippen molar-refractivity contribution in [3.05, 3.63) is 22.2 Å². The summed E-state index contributed by atoms with van der Waals surface area (Å²) < 4.78 is 11.2. The summed E-state index contributed by atoms with van der Waals surface area (Å²) in [7, 11) is 0. The van der Waals surface area contributed by atoms with E-state index in [1.165, 1.54) is 0 Å². The van der Waals surface area contributed by atoms with E-state index in [1.807, 2.05) is 20.8 Å². The SMILES string of the molecule is CC(C)(C)OC(=O)N1CCCCC1COCc1cnc(Cl)nc1Cl. The predicted octanol–water partition coefficient (Wildman–Crippen LogP) is 4.09. The first-order chi connectivity index (χ1) is 11.3. The molecule has 0 N–H and O–H groups in total. The third-order valence-electron chi connectivity index (χ3n) is 3.61. The van der Waals surface area contributed by atoms with Gasteiger partial charge in [-0.2, -0.15) is 0 Å². The van der Waals surface area contributed by atoms with Crippen LogP contribution in [0.3, 0.4) is 0 Å². The van der Waals surface area contributed by atoms with Gasteiger partial charge in [-0.15, -0.1) is 0 Å². The maximum absolute atomic E-state index is 12.3. The van der Waals surface area contributed by atoms with Crippen molar-refractivity contribution in [3.8, 4) is 0 Å². The van der Waals surface area contributed by atoms with Crippen molar-refractivity contribution in [2.24, 2.45) is 0 Å². The third-order valence-corrected chi connectivity index (χ3v) is 4.11. The zero-order valence-electron chi connectivity index (χ0n) is 14.2. The fourth-order valence-corrected chi connectivity index (χ4v) is 2.86. The van der Waals surface area contributed by atoms with E-state index >= 15 is 0 Å². The summed E-state index contributed by atoms with van der Waals surface area (Å²) in [6.45, 7) is 6.97. The van der Waals surface area contributed by atoms with Crippen molar-refractivity contribution in [3.63, 3.8) is 0 Å². The van der Waals surface area contributed by atoms with Crippen molar-refractivity contribution >= 4 is 29.3 Å². The Labute approximate surface area is 152 Å². The second-order valence-electron chi connectivity index (χ2n) is 6.79. The second kappa shape index (κ2) is 8.32. The number of carbonyl (C=O) groups is 1. The lowest BCUT2D eigenvalue weighted by Gasteiger charge is -2.36. The topological polar surface area (TPSA) is 64.5 Å². The van der Waals surface area contributed by atoms with Gasteiger partial charge in [0.1, 0.15) is 10.8 Å². The second-order valence-corrected chi connectivity index (χ2v) is 7.49. The Kier molecular flexibility index (Phi) is 6.66. The Balaban J connectivity index is 1.90. The van der Waals surface area contributed by atoms with Gasteiger partial charge in [-0.3, -0.25) is 0 Å². The van der Waals surface area contributed by atoms with Crippen LogP contribution in [0.2, 0.25) is 10.4 Å². The molecule has 1 unspecified atom stereocenters. The van der Waals surface area contributed by atoms with E-state index in [4.69, 9.17) is 32.7 Å². The third kappa shape index (κ3) is 5.76. The van der Waals surface area contributed by atoms with Crippen LogP contribution in [0.15, 0.2) is 6.20 Å². The first-order valence-electron chi connectivity index (χ1n) is 8.00. The van der Waals surface area contributed by atoms with Crippen LogP contribution in [0, 0.1) is 0 Å². The van der Waals surface area contributed by atoms with E-state index in [1.54, 1.807) is 11.1 Å². The Morgan fingerprint density at radius 2 is 2.12 bits per heavy atom. The van der Waals surface area contributed by atoms with Gasteiger partial charge < -0.3 is 14.4 Å². The highest BCUT2D eigenvalue weighted by Gasteiger charge is 2.30. The Morgan fingerprint density at radius 3 is 2.79 bits per heavy atom. The molecular weight excluding hydrogens is 353 g/mol. The van der Waals surface area contributed by atoms with Crippen molar-refractivity contribution in [2.45, 2.75) is 58.3 Å². The quantitative estimate of drug-likeness (QED) is 0.585. The number of hydrogen-bond acceptors (Lipinski definition) is 5. The summed E-state index contributed by atoms with van der Waals surface area (Å²) in [5.41, 5.74) is 0.161. The molecule has 0 aromatic carbocycles. The predicted molar refractivity (Wildman–Crippen MR) is 92.3 cm³/mol. The van der Waals surface area contributed by atoms with E-state index < -0.39 is 5.60 Å². The van der Waals surface area contributed by atoms with Crippen LogP contribution in [-0.2, 0) is 16.1 Å². The molecule has 2 heterocycles. The van der Waals surface area contributed by atoms with Crippen LogP contribution in [0.25, 0.3) is 0 Å². The van der Waals surface area contributed by atoms with E-state index in [9.17, 15) is 4.79 Å². The molecule has 0 aliphatic carbocycles. The summed E-state index contributed by atoms with van der Waals surface area (Å²) in [4.78, 5) is 21.9. The highest BCUT2D eigenvalue weighted by molar-refractivity contribution is 6.32. The van der Waals surface area contributed by atoms with Gasteiger partial charge in [-0.05, 0) is 51.6 Å². The number of carbonyl (C=O) groups excluding carboxylic acids is 1. The first-order valence-corrected chi connectivity index (χ1v) is 8.76. The zero-order valence-corrected chi connectivity index (χ0v) is 15.7. The molecule has 1 amide bonds. The maximum atomic E-state index is 12.3. The fourth-order valence-electron chi connectivity index (χ4n) is 2.50. The first kappa shape index (κ1) is 19.2. The van der Waals surface area contributed by atoms with Gasteiger partial charge in [-0.1, -0.05) is 11.6 Å². The lowest BCUT2D eigenvalue weighted by atomic mass is 10.0. The molecule has 0 bridgehead atoms. The van der Waals surface area contributed by atoms with Gasteiger partial charge in [-0.25, -0.2) is 14.8 Å². The number of halogens is 2. The van der Waals surface area contributed by atoms with Gasteiger partial charge in [0.25, 0.3) is 0 Å². The van der Waals surface area contributed by atoms with Crippen LogP contribution in [0.4, 0.5) is 4.79 Å². The van der Waals surface area contributed by atoms with Gasteiger partial charge in [0.15, 0.2) is 0 Å². The van der Waals surface area contributed by atoms with Crippen molar-refractivity contribution < 1.29 is 14.3 Å². The molecule has 1 aromatic rings. The van der Waals surface area contributed by atoms with E-state index in [0.717, 1.165) is 19.3 Å². The Morgan fingerprint density at radius 1 is 1.38 bits per heavy atom. The molecule has 1 saturated heterocycles. The lowest BCUT2D eigenvalue weighted by Crippen LogP contribution is -2.48. The minimum absolute atomic E-state index is 0.000550. The summed E-state index contributed by atoms with van der Waals surface area (Å²) in [5, 5.41) is 0.384. The normalized spacial score (nSPS) is 18.5. The molecule has 1 aliphatic rings. The number of aromatic nitrogens is 2. The summed E-state index contributed by atoms with van der Waals surface area (Å²) >= 11 is 11.7. The van der Waals surface area contributed by atoms with Gasteiger partial charge >= 0.3 is 6.09 Å². The molecule has 2 rings (SSSR count). The average Bonchev–Trinajstić information content (AvgIpc) is 2.48. The highest BCUT2D eigenvalue weighted by atomic mass is 35.5. The number of likely N-dealkylation sites (tertiary alicyclic amines) is 1. The minimum atomic E-state index is -0.506. The number of amides is 1. The highest BCUT2D eigenvalue weighted by Crippen LogP contribution is 2.22. The lowest BCUT2D eigenvalue weighted by molar-refractivity contribution is -0.0100. The fraction of sp³-hybridized carbons (Fsp3) is 0.688. The number of ether oxygens (including phenoxy) is 2. The molecule has 1 atom stereocenters. The van der Waals surface area contributed by atoms with Gasteiger partial charge in [0.2, 0.25) is 5.28 Å². The van der Waals surface area contributed by atoms with Gasteiger partial charge in [0, 0.05) is 18.3 Å². The summed E-state index contributed by atoms with van der Waals surface area (Å²) in [6.07, 6.45) is 4.20. The molecule has 1 aliphatic heterocycles. The number of rotatable bonds is 4. The van der Waals surface area contributed by atoms with Crippen LogP contribution >= 0.6 is 23.2 Å². The molecule has 0 radical (unpaired) electrons. The largest absolute Gasteiger partial charge is 0.444 e. The Hall–Kier alpha value is -1.11. The van der Waals surface area contributed by atoms with Crippen molar-refractivity contribution in [1.82, 2.24) is 14.9 Å². The Bertz CT molecular complexity index is 578. The smallest absolute Gasteiger partial charge is 0.410 e. The van der Waals surface area contributed by atoms with Crippen LogP contribution in [-0.4, -0.2) is 45.8 Å². The average molecular weight is 376 g/mol. The van der Waals surface area contributed by atoms with Crippen molar-refractivity contribution in [1.29, 1.82) is 0 Å². The van der Waals surface area contributed by atoms with Crippen LogP contribution < -0.4 is 0 Å². The zero-order chi connectivity index (χ0) is 17.7. The number of hydrogen-bond donors (Lipinski definition) is 0. The standard InChI is InChI=1S/C16H23Cl2N3O3/c1-16(2,3)24-15(22)21-7-5-4-6-12(21)10-23-9-11-8-19-14(18)20-13(11)17/h8,12H,4-7,9-10H2,1-3H3. The van der Waals surface area contributed by atoms with Crippen LogP contribution in [0.1, 0.15) is 45.6 Å². The van der Waals surface area contributed by atoms with Crippen LogP contribution in [0.5, 0.6) is 0 Å². The molecule has 0 spiro atoms. The number of nitrogens with zero attached hydrogens (tertiary/aromatic N) is 3. The molecular formula is C16H23Cl2N3O3. The molecule has 6 nitrogen and oxygen atoms in total.